The number of nitrogens with one attached hydrogen (secondary N) is 1. The first kappa shape index (κ1) is 24.4. The molecule has 36 heavy (non-hydrogen) atoms. The second kappa shape index (κ2) is 11.2. The highest BCUT2D eigenvalue weighted by atomic mass is 16.1. The molecule has 0 unspecified atom stereocenters. The highest BCUT2D eigenvalue weighted by Gasteiger charge is 2.32. The minimum atomic E-state index is -0.00701. The van der Waals surface area contributed by atoms with E-state index in [1.807, 2.05) is 23.7 Å². The van der Waals surface area contributed by atoms with Crippen molar-refractivity contribution >= 4 is 10.9 Å². The molecule has 0 amide bonds. The van der Waals surface area contributed by atoms with Crippen molar-refractivity contribution in [3.05, 3.63) is 87.5 Å². The number of hydrogen-bond acceptors (Lipinski definition) is 5. The highest BCUT2D eigenvalue weighted by Crippen LogP contribution is 2.33. The summed E-state index contributed by atoms with van der Waals surface area (Å²) in [6.45, 7) is 5.57. The molecule has 1 fully saturated rings. The van der Waals surface area contributed by atoms with Crippen LogP contribution in [-0.2, 0) is 19.5 Å². The van der Waals surface area contributed by atoms with E-state index in [1.165, 1.54) is 24.8 Å². The number of H-pyrrole nitrogens is 1. The minimum absolute atomic E-state index is 0.00701. The van der Waals surface area contributed by atoms with Crippen molar-refractivity contribution < 1.29 is 0 Å². The van der Waals surface area contributed by atoms with Crippen LogP contribution in [0.3, 0.4) is 0 Å². The van der Waals surface area contributed by atoms with Crippen LogP contribution < -0.4 is 5.56 Å². The van der Waals surface area contributed by atoms with Gasteiger partial charge in [0.2, 0.25) is 0 Å². The predicted octanol–water partition coefficient (Wildman–Crippen LogP) is 5.35. The van der Waals surface area contributed by atoms with Crippen LogP contribution in [0.5, 0.6) is 0 Å². The third-order valence-electron chi connectivity index (χ3n) is 7.57. The summed E-state index contributed by atoms with van der Waals surface area (Å²) < 4.78 is 1.96. The van der Waals surface area contributed by atoms with Gasteiger partial charge in [-0.1, -0.05) is 68.7 Å². The molecule has 1 saturated carbocycles. The average Bonchev–Trinajstić information content (AvgIpc) is 3.37. The number of tetrazole rings is 1. The smallest absolute Gasteiger partial charge is 0.252 e. The third kappa shape index (κ3) is 5.41. The molecule has 2 aromatic heterocycles. The first-order chi connectivity index (χ1) is 17.6. The largest absolute Gasteiger partial charge is 0.322 e. The monoisotopic (exact) mass is 484 g/mol. The summed E-state index contributed by atoms with van der Waals surface area (Å²) in [4.78, 5) is 18.8. The van der Waals surface area contributed by atoms with Crippen LogP contribution in [0.2, 0.25) is 0 Å². The van der Waals surface area contributed by atoms with Gasteiger partial charge in [-0.15, -0.1) is 5.10 Å². The van der Waals surface area contributed by atoms with E-state index in [1.54, 1.807) is 0 Å². The standard InChI is InChI=1S/C29H36N6O/c1-3-27(28-31-32-33-35(28)17-16-22-10-6-4-7-11-22)34(25-12-8-5-9-13-25)20-24-19-23-15-14-21(2)18-26(23)30-29(24)36/h4,6-7,10-11,14-15,18-19,25,27H,3,5,8-9,12-13,16-17,20H2,1-2H3,(H,30,36)/t27-/m1/s1. The molecule has 5 rings (SSSR count). The molecule has 188 valence electrons. The van der Waals surface area contributed by atoms with Crippen molar-refractivity contribution in [1.29, 1.82) is 0 Å². The van der Waals surface area contributed by atoms with Crippen molar-refractivity contribution in [3.63, 3.8) is 0 Å². The Morgan fingerprint density at radius 1 is 1.08 bits per heavy atom. The fourth-order valence-corrected chi connectivity index (χ4v) is 5.64. The Labute approximate surface area is 212 Å². The maximum Gasteiger partial charge on any atom is 0.252 e. The molecule has 1 atom stereocenters. The molecular formula is C29H36N6O. The van der Waals surface area contributed by atoms with Crippen LogP contribution in [0, 0.1) is 6.92 Å². The molecular weight excluding hydrogens is 448 g/mol. The normalized spacial score (nSPS) is 15.5. The summed E-state index contributed by atoms with van der Waals surface area (Å²) in [5, 5.41) is 14.0. The number of hydrogen-bond donors (Lipinski definition) is 1. The van der Waals surface area contributed by atoms with Crippen LogP contribution >= 0.6 is 0 Å². The second-order valence-electron chi connectivity index (χ2n) is 10.1. The first-order valence-electron chi connectivity index (χ1n) is 13.3. The number of aromatic nitrogens is 5. The molecule has 0 aliphatic heterocycles. The molecule has 2 heterocycles. The fraction of sp³-hybridized carbons (Fsp3) is 0.448. The number of aromatic amines is 1. The quantitative estimate of drug-likeness (QED) is 0.346. The van der Waals surface area contributed by atoms with Crippen LogP contribution in [0.15, 0.2) is 59.4 Å². The molecule has 0 bridgehead atoms. The van der Waals surface area contributed by atoms with Crippen LogP contribution in [0.4, 0.5) is 0 Å². The van der Waals surface area contributed by atoms with Gasteiger partial charge in [0.05, 0.1) is 6.04 Å². The Balaban J connectivity index is 1.46. The number of rotatable bonds is 9. The molecule has 0 saturated heterocycles. The van der Waals surface area contributed by atoms with Crippen LogP contribution in [-0.4, -0.2) is 36.1 Å². The van der Waals surface area contributed by atoms with E-state index in [0.717, 1.165) is 60.1 Å². The topological polar surface area (TPSA) is 79.7 Å². The maximum absolute atomic E-state index is 13.2. The molecule has 2 aromatic carbocycles. The van der Waals surface area contributed by atoms with Crippen molar-refractivity contribution in [2.24, 2.45) is 0 Å². The SMILES string of the molecule is CC[C@H](c1nnnn1CCc1ccccc1)N(Cc1cc2ccc(C)cc2[nH]c1=O)C1CCCCC1. The Morgan fingerprint density at radius 3 is 2.67 bits per heavy atom. The van der Waals surface area contributed by atoms with Crippen molar-refractivity contribution in [2.75, 3.05) is 0 Å². The Morgan fingerprint density at radius 2 is 1.89 bits per heavy atom. The van der Waals surface area contributed by atoms with Crippen LogP contribution in [0.1, 0.15) is 74.0 Å². The molecule has 1 N–H and O–H groups in total. The second-order valence-corrected chi connectivity index (χ2v) is 10.1. The van der Waals surface area contributed by atoms with Gasteiger partial charge in [0, 0.05) is 30.2 Å². The van der Waals surface area contributed by atoms with Gasteiger partial charge in [0.1, 0.15) is 0 Å². The summed E-state index contributed by atoms with van der Waals surface area (Å²) in [5.41, 5.74) is 4.10. The number of nitrogens with zero attached hydrogens (tertiary/aromatic N) is 5. The molecule has 1 aliphatic carbocycles. The molecule has 0 radical (unpaired) electrons. The van der Waals surface area contributed by atoms with Gasteiger partial charge in [-0.25, -0.2) is 4.68 Å². The Hall–Kier alpha value is -3.32. The van der Waals surface area contributed by atoms with Gasteiger partial charge in [-0.2, -0.15) is 0 Å². The molecule has 1 aliphatic rings. The lowest BCUT2D eigenvalue weighted by atomic mass is 9.92. The lowest BCUT2D eigenvalue weighted by Gasteiger charge is -2.39. The lowest BCUT2D eigenvalue weighted by molar-refractivity contribution is 0.0841. The number of fused-ring (bicyclic) bond motifs is 1. The summed E-state index contributed by atoms with van der Waals surface area (Å²) in [6.07, 6.45) is 7.79. The Kier molecular flexibility index (Phi) is 7.56. The molecule has 4 aromatic rings. The average molecular weight is 485 g/mol. The summed E-state index contributed by atoms with van der Waals surface area (Å²) >= 11 is 0. The van der Waals surface area contributed by atoms with Crippen molar-refractivity contribution in [3.8, 4) is 0 Å². The summed E-state index contributed by atoms with van der Waals surface area (Å²) in [5.74, 6) is 0.895. The predicted molar refractivity (Wildman–Crippen MR) is 143 cm³/mol. The third-order valence-corrected chi connectivity index (χ3v) is 7.57. The molecule has 0 spiro atoms. The van der Waals surface area contributed by atoms with E-state index in [4.69, 9.17) is 0 Å². The van der Waals surface area contributed by atoms with E-state index in [2.05, 4.69) is 74.8 Å². The number of benzene rings is 2. The zero-order valence-corrected chi connectivity index (χ0v) is 21.4. The van der Waals surface area contributed by atoms with Crippen molar-refractivity contribution in [2.45, 2.75) is 84.0 Å². The van der Waals surface area contributed by atoms with Gasteiger partial charge >= 0.3 is 0 Å². The lowest BCUT2D eigenvalue weighted by Crippen LogP contribution is -2.41. The number of pyridine rings is 1. The van der Waals surface area contributed by atoms with Gasteiger partial charge in [-0.3, -0.25) is 9.69 Å². The van der Waals surface area contributed by atoms with Gasteiger partial charge in [0.15, 0.2) is 5.82 Å². The summed E-state index contributed by atoms with van der Waals surface area (Å²) in [7, 11) is 0. The van der Waals surface area contributed by atoms with E-state index >= 15 is 0 Å². The summed E-state index contributed by atoms with van der Waals surface area (Å²) in [6, 6.07) is 19.2. The molecule has 7 nitrogen and oxygen atoms in total. The van der Waals surface area contributed by atoms with E-state index < -0.39 is 0 Å². The highest BCUT2D eigenvalue weighted by molar-refractivity contribution is 5.79. The van der Waals surface area contributed by atoms with Gasteiger partial charge < -0.3 is 4.98 Å². The fourth-order valence-electron chi connectivity index (χ4n) is 5.64. The number of aryl methyl sites for hydroxylation is 3. The minimum Gasteiger partial charge on any atom is -0.322 e. The van der Waals surface area contributed by atoms with Gasteiger partial charge in [-0.05, 0) is 71.7 Å². The zero-order chi connectivity index (χ0) is 24.9. The van der Waals surface area contributed by atoms with Crippen molar-refractivity contribution in [1.82, 2.24) is 30.1 Å². The first-order valence-corrected chi connectivity index (χ1v) is 13.3. The van der Waals surface area contributed by atoms with Gasteiger partial charge in [0.25, 0.3) is 5.56 Å². The molecule has 7 heteroatoms. The maximum atomic E-state index is 13.2. The van der Waals surface area contributed by atoms with E-state index in [-0.39, 0.29) is 11.6 Å². The van der Waals surface area contributed by atoms with E-state index in [9.17, 15) is 4.79 Å². The van der Waals surface area contributed by atoms with Crippen LogP contribution in [0.25, 0.3) is 10.9 Å². The zero-order valence-electron chi connectivity index (χ0n) is 21.4. The Bertz CT molecular complexity index is 1340. The van der Waals surface area contributed by atoms with E-state index in [0.29, 0.717) is 12.6 Å².